The molecule has 2 saturated heterocycles. The molecule has 0 saturated carbocycles. The molecule has 0 aromatic heterocycles. The van der Waals surface area contributed by atoms with Crippen LogP contribution in [0, 0.1) is 11.3 Å². The highest BCUT2D eigenvalue weighted by Crippen LogP contribution is 2.31. The maximum atomic E-state index is 11.8. The molecule has 110 valence electrons. The van der Waals surface area contributed by atoms with E-state index in [0.29, 0.717) is 12.0 Å². The lowest BCUT2D eigenvalue weighted by Crippen LogP contribution is -2.51. The van der Waals surface area contributed by atoms with Gasteiger partial charge in [0.25, 0.3) is 0 Å². The third-order valence-electron chi connectivity index (χ3n) is 4.44. The van der Waals surface area contributed by atoms with Crippen LogP contribution in [0.25, 0.3) is 0 Å². The summed E-state index contributed by atoms with van der Waals surface area (Å²) in [5.74, 6) is 0.251. The molecule has 1 aromatic rings. The molecule has 1 amide bonds. The number of aliphatic hydroxyl groups is 1. The molecule has 2 fully saturated rings. The molecular formula is C16H19N3O2. The van der Waals surface area contributed by atoms with Crippen molar-refractivity contribution in [3.63, 3.8) is 0 Å². The Morgan fingerprint density at radius 2 is 2.24 bits per heavy atom. The van der Waals surface area contributed by atoms with E-state index >= 15 is 0 Å². The Kier molecular flexibility index (Phi) is 3.56. The number of nitrogens with zero attached hydrogens (tertiary/aromatic N) is 3. The first-order valence-corrected chi connectivity index (χ1v) is 7.36. The molecule has 1 N–H and O–H groups in total. The van der Waals surface area contributed by atoms with Crippen LogP contribution in [-0.2, 0) is 4.79 Å². The number of nitriles is 1. The number of carbonyl (C=O) groups is 1. The number of fused-ring (bicyclic) bond motifs is 1. The fraction of sp³-hybridized carbons (Fsp3) is 0.500. The Morgan fingerprint density at radius 3 is 2.95 bits per heavy atom. The maximum Gasteiger partial charge on any atom is 0.223 e. The molecule has 5 nitrogen and oxygen atoms in total. The van der Waals surface area contributed by atoms with Crippen LogP contribution in [0.2, 0.25) is 0 Å². The van der Waals surface area contributed by atoms with Gasteiger partial charge < -0.3 is 14.9 Å². The van der Waals surface area contributed by atoms with Gasteiger partial charge in [-0.05, 0) is 25.5 Å². The summed E-state index contributed by atoms with van der Waals surface area (Å²) >= 11 is 0. The number of piperazine rings is 1. The van der Waals surface area contributed by atoms with E-state index in [1.807, 2.05) is 17.0 Å². The van der Waals surface area contributed by atoms with Gasteiger partial charge in [-0.3, -0.25) is 4.79 Å². The number of rotatable bonds is 2. The van der Waals surface area contributed by atoms with Crippen molar-refractivity contribution in [1.29, 1.82) is 5.26 Å². The molecule has 2 aliphatic rings. The fourth-order valence-electron chi connectivity index (χ4n) is 3.32. The van der Waals surface area contributed by atoms with Gasteiger partial charge in [-0.1, -0.05) is 6.07 Å². The number of benzene rings is 1. The molecule has 5 heteroatoms. The number of amides is 1. The van der Waals surface area contributed by atoms with Gasteiger partial charge in [0.05, 0.1) is 17.7 Å². The zero-order valence-electron chi connectivity index (χ0n) is 12.1. The largest absolute Gasteiger partial charge is 0.389 e. The van der Waals surface area contributed by atoms with Gasteiger partial charge in [0.2, 0.25) is 5.91 Å². The zero-order valence-corrected chi connectivity index (χ0v) is 12.1. The van der Waals surface area contributed by atoms with E-state index in [0.717, 1.165) is 37.3 Å². The van der Waals surface area contributed by atoms with E-state index in [1.165, 1.54) is 0 Å². The van der Waals surface area contributed by atoms with Gasteiger partial charge in [0, 0.05) is 43.3 Å². The molecule has 2 atom stereocenters. The van der Waals surface area contributed by atoms with E-state index in [-0.39, 0.29) is 11.9 Å². The predicted octanol–water partition coefficient (Wildman–Crippen LogP) is 1.42. The van der Waals surface area contributed by atoms with E-state index in [9.17, 15) is 9.90 Å². The van der Waals surface area contributed by atoms with Crippen molar-refractivity contribution in [2.75, 3.05) is 24.5 Å². The van der Waals surface area contributed by atoms with E-state index in [2.05, 4.69) is 11.0 Å². The average Bonchev–Trinajstić information content (AvgIpc) is 2.87. The summed E-state index contributed by atoms with van der Waals surface area (Å²) in [7, 11) is 0. The molecule has 1 unspecified atom stereocenters. The molecule has 21 heavy (non-hydrogen) atoms. The number of hydrogen-bond acceptors (Lipinski definition) is 4. The minimum absolute atomic E-state index is 0.251. The topological polar surface area (TPSA) is 67.6 Å². The van der Waals surface area contributed by atoms with Crippen molar-refractivity contribution in [3.05, 3.63) is 29.3 Å². The molecule has 3 rings (SSSR count). The molecule has 0 radical (unpaired) electrons. The van der Waals surface area contributed by atoms with Crippen LogP contribution >= 0.6 is 0 Å². The first-order chi connectivity index (χ1) is 10.1. The molecule has 0 aliphatic carbocycles. The van der Waals surface area contributed by atoms with Crippen molar-refractivity contribution in [3.8, 4) is 6.07 Å². The first-order valence-electron chi connectivity index (χ1n) is 7.36. The summed E-state index contributed by atoms with van der Waals surface area (Å²) in [5.41, 5.74) is 2.36. The summed E-state index contributed by atoms with van der Waals surface area (Å²) in [6, 6.07) is 7.82. The predicted molar refractivity (Wildman–Crippen MR) is 78.7 cm³/mol. The van der Waals surface area contributed by atoms with Crippen molar-refractivity contribution in [2.45, 2.75) is 31.9 Å². The van der Waals surface area contributed by atoms with Crippen molar-refractivity contribution in [2.24, 2.45) is 0 Å². The first kappa shape index (κ1) is 13.9. The standard InChI is InChI=1S/C16H19N3O2/c1-11(20)14-4-2-12(9-17)8-15(14)18-6-7-19-13(10-18)3-5-16(19)21/h2,4,8,11,13,20H,3,5-7,10H2,1H3/t11-,13?/m1/s1. The number of anilines is 1. The van der Waals surface area contributed by atoms with Gasteiger partial charge in [-0.2, -0.15) is 5.26 Å². The van der Waals surface area contributed by atoms with Crippen LogP contribution in [0.1, 0.15) is 37.0 Å². The highest BCUT2D eigenvalue weighted by Gasteiger charge is 2.36. The third-order valence-corrected chi connectivity index (χ3v) is 4.44. The lowest BCUT2D eigenvalue weighted by atomic mass is 10.0. The quantitative estimate of drug-likeness (QED) is 0.892. The van der Waals surface area contributed by atoms with Gasteiger partial charge in [0.1, 0.15) is 0 Å². The van der Waals surface area contributed by atoms with Gasteiger partial charge in [-0.25, -0.2) is 0 Å². The highest BCUT2D eigenvalue weighted by molar-refractivity contribution is 5.79. The Labute approximate surface area is 124 Å². The summed E-state index contributed by atoms with van der Waals surface area (Å²) in [5, 5.41) is 19.0. The number of hydrogen-bond donors (Lipinski definition) is 1. The van der Waals surface area contributed by atoms with E-state index in [1.54, 1.807) is 13.0 Å². The zero-order chi connectivity index (χ0) is 15.0. The van der Waals surface area contributed by atoms with Crippen LogP contribution < -0.4 is 4.90 Å². The monoisotopic (exact) mass is 285 g/mol. The maximum absolute atomic E-state index is 11.8. The Balaban J connectivity index is 1.90. The molecule has 2 aliphatic heterocycles. The fourth-order valence-corrected chi connectivity index (χ4v) is 3.32. The molecular weight excluding hydrogens is 266 g/mol. The molecule has 2 heterocycles. The van der Waals surface area contributed by atoms with Crippen LogP contribution in [0.4, 0.5) is 5.69 Å². The van der Waals surface area contributed by atoms with Crippen LogP contribution in [0.15, 0.2) is 18.2 Å². The normalized spacial score (nSPS) is 22.9. The highest BCUT2D eigenvalue weighted by atomic mass is 16.3. The molecule has 0 spiro atoms. The van der Waals surface area contributed by atoms with Gasteiger partial charge >= 0.3 is 0 Å². The SMILES string of the molecule is C[C@@H](O)c1ccc(C#N)cc1N1CCN2C(=O)CCC2C1. The molecule has 1 aromatic carbocycles. The number of aliphatic hydroxyl groups excluding tert-OH is 1. The van der Waals surface area contributed by atoms with Crippen LogP contribution in [0.3, 0.4) is 0 Å². The Morgan fingerprint density at radius 1 is 1.43 bits per heavy atom. The second-order valence-corrected chi connectivity index (χ2v) is 5.79. The summed E-state index contributed by atoms with van der Waals surface area (Å²) in [6.07, 6.45) is 0.966. The lowest BCUT2D eigenvalue weighted by Gasteiger charge is -2.40. The smallest absolute Gasteiger partial charge is 0.223 e. The van der Waals surface area contributed by atoms with Crippen molar-refractivity contribution in [1.82, 2.24) is 4.90 Å². The minimum Gasteiger partial charge on any atom is -0.389 e. The van der Waals surface area contributed by atoms with E-state index in [4.69, 9.17) is 5.26 Å². The second kappa shape index (κ2) is 5.38. The lowest BCUT2D eigenvalue weighted by molar-refractivity contribution is -0.129. The third kappa shape index (κ3) is 2.47. The minimum atomic E-state index is -0.573. The van der Waals surface area contributed by atoms with Crippen LogP contribution in [-0.4, -0.2) is 41.6 Å². The van der Waals surface area contributed by atoms with E-state index < -0.39 is 6.10 Å². The van der Waals surface area contributed by atoms with Crippen LogP contribution in [0.5, 0.6) is 0 Å². The second-order valence-electron chi connectivity index (χ2n) is 5.79. The van der Waals surface area contributed by atoms with Gasteiger partial charge in [-0.15, -0.1) is 0 Å². The average molecular weight is 285 g/mol. The van der Waals surface area contributed by atoms with Gasteiger partial charge in [0.15, 0.2) is 0 Å². The summed E-state index contributed by atoms with van der Waals surface area (Å²) < 4.78 is 0. The van der Waals surface area contributed by atoms with Crippen molar-refractivity contribution < 1.29 is 9.90 Å². The summed E-state index contributed by atoms with van der Waals surface area (Å²) in [4.78, 5) is 15.9. The molecule has 0 bridgehead atoms. The Hall–Kier alpha value is -2.06. The Bertz CT molecular complexity index is 606. The summed E-state index contributed by atoms with van der Waals surface area (Å²) in [6.45, 7) is 3.98. The van der Waals surface area contributed by atoms with Crippen molar-refractivity contribution >= 4 is 11.6 Å². The number of carbonyl (C=O) groups excluding carboxylic acids is 1.